The molecule has 0 heteroatoms. The smallest absolute Gasteiger partial charge is 0.00868 e. The summed E-state index contributed by atoms with van der Waals surface area (Å²) in [6.07, 6.45) is 24.0. The molecule has 1 aromatic rings. The van der Waals surface area contributed by atoms with Gasteiger partial charge in [0.05, 0.1) is 0 Å². The molecule has 4 aliphatic carbocycles. The molecule has 1 aromatic carbocycles. The van der Waals surface area contributed by atoms with Crippen LogP contribution >= 0.6 is 0 Å². The summed E-state index contributed by atoms with van der Waals surface area (Å²) >= 11 is 0. The van der Waals surface area contributed by atoms with Gasteiger partial charge in [-0.25, -0.2) is 0 Å². The largest absolute Gasteiger partial charge is 0.0802 e. The zero-order valence-corrected chi connectivity index (χ0v) is 15.1. The van der Waals surface area contributed by atoms with E-state index in [0.717, 1.165) is 5.92 Å². The van der Waals surface area contributed by atoms with Crippen LogP contribution in [0.5, 0.6) is 0 Å². The highest BCUT2D eigenvalue weighted by atomic mass is 14.3. The van der Waals surface area contributed by atoms with Gasteiger partial charge in [-0.1, -0.05) is 74.1 Å². The summed E-state index contributed by atoms with van der Waals surface area (Å²) in [7, 11) is 0. The van der Waals surface area contributed by atoms with Gasteiger partial charge in [0.2, 0.25) is 0 Å². The van der Waals surface area contributed by atoms with Crippen LogP contribution in [0.3, 0.4) is 0 Å². The molecule has 0 N–H and O–H groups in total. The summed E-state index contributed by atoms with van der Waals surface area (Å²) in [6.45, 7) is 0. The molecule has 2 atom stereocenters. The Balaban J connectivity index is 1.64. The monoisotopic (exact) mass is 320 g/mol. The van der Waals surface area contributed by atoms with E-state index in [2.05, 4.69) is 36.4 Å². The Morgan fingerprint density at radius 2 is 1.46 bits per heavy atom. The van der Waals surface area contributed by atoms with Crippen LogP contribution in [-0.4, -0.2) is 0 Å². The Kier molecular flexibility index (Phi) is 5.21. The van der Waals surface area contributed by atoms with E-state index >= 15 is 0 Å². The number of hydrogen-bond donors (Lipinski definition) is 0. The fraction of sp³-hybridized carbons (Fsp3) is 0.583. The first-order chi connectivity index (χ1) is 11.9. The molecular formula is C24H32. The van der Waals surface area contributed by atoms with Crippen molar-refractivity contribution in [3.63, 3.8) is 0 Å². The van der Waals surface area contributed by atoms with Crippen LogP contribution in [-0.2, 0) is 12.8 Å². The van der Waals surface area contributed by atoms with Crippen LogP contribution in [0, 0.1) is 5.92 Å². The van der Waals surface area contributed by atoms with Crippen LogP contribution in [0.4, 0.5) is 0 Å². The average Bonchev–Trinajstić information content (AvgIpc) is 2.60. The quantitative estimate of drug-likeness (QED) is 0.528. The molecular weight excluding hydrogens is 288 g/mol. The van der Waals surface area contributed by atoms with Crippen LogP contribution in [0.15, 0.2) is 42.0 Å². The standard InChI is InChI=1S/C24H32/c1-2-7-11-21-14-13-19(9-5-1)17-24(21)23-16-15-20-10-6-3-4-8-12-22(20)18-23/h13-18,21,24H,1-12H2. The van der Waals surface area contributed by atoms with E-state index in [1.165, 1.54) is 77.0 Å². The fourth-order valence-corrected chi connectivity index (χ4v) is 4.94. The maximum absolute atomic E-state index is 2.61. The molecule has 4 aliphatic rings. The number of benzene rings is 1. The van der Waals surface area contributed by atoms with Crippen LogP contribution < -0.4 is 0 Å². The van der Waals surface area contributed by atoms with Crippen LogP contribution in [0.25, 0.3) is 0 Å². The first kappa shape index (κ1) is 16.2. The predicted molar refractivity (Wildman–Crippen MR) is 103 cm³/mol. The Bertz CT molecular complexity index is 619. The van der Waals surface area contributed by atoms with E-state index in [4.69, 9.17) is 0 Å². The zero-order valence-electron chi connectivity index (χ0n) is 15.1. The molecule has 0 amide bonds. The summed E-state index contributed by atoms with van der Waals surface area (Å²) in [5.74, 6) is 1.34. The molecule has 0 fully saturated rings. The minimum atomic E-state index is 0.624. The van der Waals surface area contributed by atoms with Gasteiger partial charge in [-0.15, -0.1) is 0 Å². The number of allylic oxidation sites excluding steroid dienone is 4. The van der Waals surface area contributed by atoms with E-state index in [-0.39, 0.29) is 0 Å². The first-order valence-corrected chi connectivity index (χ1v) is 10.4. The lowest BCUT2D eigenvalue weighted by atomic mass is 9.76. The molecule has 0 saturated carbocycles. The summed E-state index contributed by atoms with van der Waals surface area (Å²) in [6, 6.07) is 7.50. The van der Waals surface area contributed by atoms with Gasteiger partial charge < -0.3 is 0 Å². The molecule has 0 heterocycles. The third kappa shape index (κ3) is 3.68. The van der Waals surface area contributed by atoms with E-state index in [1.54, 1.807) is 22.3 Å². The fourth-order valence-electron chi connectivity index (χ4n) is 4.94. The molecule has 0 nitrogen and oxygen atoms in total. The Morgan fingerprint density at radius 3 is 2.33 bits per heavy atom. The number of aryl methyl sites for hydroxylation is 2. The molecule has 24 heavy (non-hydrogen) atoms. The highest BCUT2D eigenvalue weighted by molar-refractivity contribution is 5.40. The van der Waals surface area contributed by atoms with E-state index < -0.39 is 0 Å². The Hall–Kier alpha value is -1.30. The van der Waals surface area contributed by atoms with Crippen molar-refractivity contribution in [3.05, 3.63) is 58.7 Å². The van der Waals surface area contributed by atoms with Crippen molar-refractivity contribution in [1.82, 2.24) is 0 Å². The lowest BCUT2D eigenvalue weighted by Gasteiger charge is -2.29. The second-order valence-corrected chi connectivity index (χ2v) is 8.19. The van der Waals surface area contributed by atoms with Crippen LogP contribution in [0.2, 0.25) is 0 Å². The highest BCUT2D eigenvalue weighted by Crippen LogP contribution is 2.38. The Morgan fingerprint density at radius 1 is 0.708 bits per heavy atom. The van der Waals surface area contributed by atoms with Gasteiger partial charge in [0.1, 0.15) is 0 Å². The molecule has 0 aliphatic heterocycles. The van der Waals surface area contributed by atoms with E-state index in [0.29, 0.717) is 5.92 Å². The molecule has 0 saturated heterocycles. The lowest BCUT2D eigenvalue weighted by molar-refractivity contribution is 0.475. The molecule has 0 radical (unpaired) electrons. The van der Waals surface area contributed by atoms with Gasteiger partial charge in [0.15, 0.2) is 0 Å². The van der Waals surface area contributed by atoms with Gasteiger partial charge in [-0.05, 0) is 67.6 Å². The number of fused-ring (bicyclic) bond motifs is 7. The molecule has 0 aromatic heterocycles. The summed E-state index contributed by atoms with van der Waals surface area (Å²) < 4.78 is 0. The maximum atomic E-state index is 2.61. The molecule has 2 unspecified atom stereocenters. The molecule has 128 valence electrons. The van der Waals surface area contributed by atoms with Gasteiger partial charge in [0, 0.05) is 5.92 Å². The number of hydrogen-bond acceptors (Lipinski definition) is 0. The zero-order chi connectivity index (χ0) is 16.2. The maximum Gasteiger partial charge on any atom is 0.00868 e. The van der Waals surface area contributed by atoms with Crippen molar-refractivity contribution >= 4 is 0 Å². The Labute approximate surface area is 148 Å². The molecule has 5 rings (SSSR count). The summed E-state index contributed by atoms with van der Waals surface area (Å²) in [5, 5.41) is 0. The highest BCUT2D eigenvalue weighted by Gasteiger charge is 2.24. The van der Waals surface area contributed by atoms with Crippen molar-refractivity contribution in [2.75, 3.05) is 0 Å². The third-order valence-electron chi connectivity index (χ3n) is 6.42. The summed E-state index contributed by atoms with van der Waals surface area (Å²) in [4.78, 5) is 0. The van der Waals surface area contributed by atoms with E-state index in [1.807, 2.05) is 0 Å². The summed E-state index contributed by atoms with van der Waals surface area (Å²) in [5.41, 5.74) is 6.46. The SMILES string of the molecule is C1=CC2CCCCCCC1=CC2c1ccc2c(c1)CCCCCC2. The average molecular weight is 321 g/mol. The minimum Gasteiger partial charge on any atom is -0.0802 e. The first-order valence-electron chi connectivity index (χ1n) is 10.4. The normalized spacial score (nSPS) is 27.8. The molecule has 2 bridgehead atoms. The van der Waals surface area contributed by atoms with Gasteiger partial charge in [-0.3, -0.25) is 0 Å². The van der Waals surface area contributed by atoms with Crippen molar-refractivity contribution in [2.24, 2.45) is 5.92 Å². The van der Waals surface area contributed by atoms with Gasteiger partial charge >= 0.3 is 0 Å². The predicted octanol–water partition coefficient (Wildman–Crippen LogP) is 6.90. The van der Waals surface area contributed by atoms with Crippen LogP contribution in [0.1, 0.15) is 86.8 Å². The minimum absolute atomic E-state index is 0.624. The lowest BCUT2D eigenvalue weighted by Crippen LogP contribution is -2.14. The number of rotatable bonds is 1. The van der Waals surface area contributed by atoms with Gasteiger partial charge in [0.25, 0.3) is 0 Å². The van der Waals surface area contributed by atoms with Gasteiger partial charge in [-0.2, -0.15) is 0 Å². The second kappa shape index (κ2) is 7.72. The van der Waals surface area contributed by atoms with Crippen molar-refractivity contribution in [3.8, 4) is 0 Å². The van der Waals surface area contributed by atoms with Crippen molar-refractivity contribution in [2.45, 2.75) is 83.0 Å². The second-order valence-electron chi connectivity index (χ2n) is 8.19. The van der Waals surface area contributed by atoms with Crippen molar-refractivity contribution in [1.29, 1.82) is 0 Å². The topological polar surface area (TPSA) is 0 Å². The van der Waals surface area contributed by atoms with Crippen molar-refractivity contribution < 1.29 is 0 Å². The van der Waals surface area contributed by atoms with E-state index in [9.17, 15) is 0 Å². The molecule has 0 spiro atoms. The third-order valence-corrected chi connectivity index (χ3v) is 6.42.